The Hall–Kier alpha value is -3.15. The lowest BCUT2D eigenvalue weighted by atomic mass is 10.2. The molecule has 0 heterocycles. The molecular weight excluding hydrogens is 372 g/mol. The molecule has 1 aliphatic rings. The fraction of sp³-hybridized carbons (Fsp3) is 0.348. The van der Waals surface area contributed by atoms with Gasteiger partial charge in [-0.2, -0.15) is 0 Å². The Morgan fingerprint density at radius 2 is 1.34 bits per heavy atom. The minimum absolute atomic E-state index is 0.176. The normalized spacial score (nSPS) is 11.4. The third-order valence-electron chi connectivity index (χ3n) is 3.42. The number of aliphatic carboxylic acids is 1. The fourth-order valence-corrected chi connectivity index (χ4v) is 1.45. The number of carboxylic acids is 1. The van der Waals surface area contributed by atoms with E-state index in [0.717, 1.165) is 5.56 Å². The third-order valence-corrected chi connectivity index (χ3v) is 3.42. The van der Waals surface area contributed by atoms with Crippen LogP contribution in [0.4, 0.5) is 0 Å². The molecule has 1 aliphatic carbocycles. The summed E-state index contributed by atoms with van der Waals surface area (Å²) >= 11 is 0. The number of carbonyl (C=O) groups is 3. The molecule has 0 bridgehead atoms. The molecule has 1 aromatic rings. The highest BCUT2D eigenvalue weighted by Gasteiger charge is 2.22. The summed E-state index contributed by atoms with van der Waals surface area (Å²) in [5.41, 5.74) is 2.07. The molecule has 0 radical (unpaired) electrons. The van der Waals surface area contributed by atoms with Crippen molar-refractivity contribution >= 4 is 17.9 Å². The summed E-state index contributed by atoms with van der Waals surface area (Å²) in [6.45, 7) is 15.8. The quantitative estimate of drug-likeness (QED) is 0.535. The Morgan fingerprint density at radius 3 is 1.72 bits per heavy atom. The summed E-state index contributed by atoms with van der Waals surface area (Å²) in [4.78, 5) is 31.3. The Balaban J connectivity index is 0.000000436. The molecule has 1 fully saturated rings. The van der Waals surface area contributed by atoms with Crippen LogP contribution in [-0.2, 0) is 30.5 Å². The Morgan fingerprint density at radius 1 is 0.897 bits per heavy atom. The van der Waals surface area contributed by atoms with Crippen molar-refractivity contribution in [3.05, 3.63) is 72.4 Å². The van der Waals surface area contributed by atoms with Crippen molar-refractivity contribution < 1.29 is 29.0 Å². The molecule has 6 heteroatoms. The van der Waals surface area contributed by atoms with E-state index in [1.54, 1.807) is 13.8 Å². The van der Waals surface area contributed by atoms with E-state index in [2.05, 4.69) is 19.7 Å². The fourth-order valence-electron chi connectivity index (χ4n) is 1.45. The number of ether oxygens (including phenoxy) is 2. The van der Waals surface area contributed by atoms with Gasteiger partial charge in [0.25, 0.3) is 0 Å². The molecular formula is C23H30O6. The first-order chi connectivity index (χ1) is 13.5. The molecule has 0 spiro atoms. The van der Waals surface area contributed by atoms with Crippen molar-refractivity contribution in [1.82, 2.24) is 0 Å². The number of hydrogen-bond acceptors (Lipinski definition) is 5. The first-order valence-electron chi connectivity index (χ1n) is 9.12. The predicted molar refractivity (Wildman–Crippen MR) is 112 cm³/mol. The molecule has 0 aliphatic heterocycles. The number of esters is 2. The van der Waals surface area contributed by atoms with Crippen LogP contribution in [0.15, 0.2) is 66.8 Å². The zero-order valence-corrected chi connectivity index (χ0v) is 17.4. The zero-order valence-electron chi connectivity index (χ0n) is 17.4. The van der Waals surface area contributed by atoms with E-state index in [0.29, 0.717) is 30.3 Å². The monoisotopic (exact) mass is 402 g/mol. The standard InChI is InChI=1S/C11H12O2.C8H12O2.C4H6O2/c1-9(2)11(12)13-8-10-6-4-3-5-7-10;1-6(2)8(9)10-5-7-3-4-7;1-3(2)4(5)6/h3-7H,1,8H2,2H3;7H,1,3-5H2,2H3;1H2,2H3,(H,5,6). The molecule has 2 rings (SSSR count). The van der Waals surface area contributed by atoms with Crippen LogP contribution >= 0.6 is 0 Å². The van der Waals surface area contributed by atoms with E-state index < -0.39 is 5.97 Å². The van der Waals surface area contributed by atoms with Gasteiger partial charge in [0, 0.05) is 16.7 Å². The highest BCUT2D eigenvalue weighted by atomic mass is 16.5. The Labute approximate surface area is 172 Å². The van der Waals surface area contributed by atoms with Crippen molar-refractivity contribution in [2.24, 2.45) is 5.92 Å². The van der Waals surface area contributed by atoms with E-state index in [-0.39, 0.29) is 17.5 Å². The Kier molecular flexibility index (Phi) is 12.4. The van der Waals surface area contributed by atoms with Crippen LogP contribution in [0.3, 0.4) is 0 Å². The summed E-state index contributed by atoms with van der Waals surface area (Å²) in [5.74, 6) is -0.894. The average molecular weight is 402 g/mol. The minimum atomic E-state index is -0.935. The molecule has 158 valence electrons. The summed E-state index contributed by atoms with van der Waals surface area (Å²) in [7, 11) is 0. The van der Waals surface area contributed by atoms with Crippen molar-refractivity contribution in [2.45, 2.75) is 40.2 Å². The largest absolute Gasteiger partial charge is 0.478 e. The Bertz CT molecular complexity index is 717. The maximum absolute atomic E-state index is 11.0. The highest BCUT2D eigenvalue weighted by molar-refractivity contribution is 5.87. The summed E-state index contributed by atoms with van der Waals surface area (Å²) in [6, 6.07) is 9.55. The van der Waals surface area contributed by atoms with Gasteiger partial charge in [-0.15, -0.1) is 0 Å². The second-order valence-corrected chi connectivity index (χ2v) is 6.75. The number of rotatable bonds is 7. The maximum Gasteiger partial charge on any atom is 0.333 e. The van der Waals surface area contributed by atoms with Gasteiger partial charge in [0.2, 0.25) is 0 Å². The van der Waals surface area contributed by atoms with Gasteiger partial charge in [-0.05, 0) is 45.1 Å². The number of hydrogen-bond donors (Lipinski definition) is 1. The molecule has 1 saturated carbocycles. The summed E-state index contributed by atoms with van der Waals surface area (Å²) in [6.07, 6.45) is 2.42. The molecule has 29 heavy (non-hydrogen) atoms. The van der Waals surface area contributed by atoms with Crippen LogP contribution in [0, 0.1) is 5.92 Å². The topological polar surface area (TPSA) is 89.9 Å². The van der Waals surface area contributed by atoms with Crippen LogP contribution in [-0.4, -0.2) is 29.6 Å². The molecule has 0 unspecified atom stereocenters. The van der Waals surface area contributed by atoms with Gasteiger partial charge in [0.1, 0.15) is 6.61 Å². The van der Waals surface area contributed by atoms with Gasteiger partial charge in [0.05, 0.1) is 6.61 Å². The summed E-state index contributed by atoms with van der Waals surface area (Å²) < 4.78 is 9.84. The van der Waals surface area contributed by atoms with Gasteiger partial charge in [-0.3, -0.25) is 0 Å². The molecule has 1 aromatic carbocycles. The molecule has 6 nitrogen and oxygen atoms in total. The minimum Gasteiger partial charge on any atom is -0.478 e. The van der Waals surface area contributed by atoms with Crippen LogP contribution in [0.5, 0.6) is 0 Å². The second-order valence-electron chi connectivity index (χ2n) is 6.75. The van der Waals surface area contributed by atoms with Crippen LogP contribution in [0.1, 0.15) is 39.2 Å². The molecule has 0 aromatic heterocycles. The first-order valence-corrected chi connectivity index (χ1v) is 9.12. The SMILES string of the molecule is C=C(C)C(=O)O.C=C(C)C(=O)OCC1CC1.C=C(C)C(=O)OCc1ccccc1. The van der Waals surface area contributed by atoms with E-state index in [9.17, 15) is 14.4 Å². The second kappa shape index (κ2) is 13.9. The van der Waals surface area contributed by atoms with E-state index in [1.165, 1.54) is 19.8 Å². The molecule has 1 N–H and O–H groups in total. The van der Waals surface area contributed by atoms with Gasteiger partial charge in [0.15, 0.2) is 0 Å². The van der Waals surface area contributed by atoms with Crippen molar-refractivity contribution in [2.75, 3.05) is 6.61 Å². The van der Waals surface area contributed by atoms with Crippen LogP contribution in [0.2, 0.25) is 0 Å². The smallest absolute Gasteiger partial charge is 0.333 e. The van der Waals surface area contributed by atoms with E-state index in [1.807, 2.05) is 30.3 Å². The van der Waals surface area contributed by atoms with Crippen LogP contribution in [0.25, 0.3) is 0 Å². The van der Waals surface area contributed by atoms with Crippen molar-refractivity contribution in [3.63, 3.8) is 0 Å². The first kappa shape index (κ1) is 25.9. The number of carboxylic acid groups (broad SMARTS) is 1. The molecule has 0 saturated heterocycles. The van der Waals surface area contributed by atoms with Crippen LogP contribution < -0.4 is 0 Å². The number of carbonyl (C=O) groups excluding carboxylic acids is 2. The maximum atomic E-state index is 11.0. The zero-order chi connectivity index (χ0) is 22.4. The lowest BCUT2D eigenvalue weighted by Crippen LogP contribution is -2.06. The van der Waals surface area contributed by atoms with E-state index in [4.69, 9.17) is 14.6 Å². The van der Waals surface area contributed by atoms with Gasteiger partial charge < -0.3 is 14.6 Å². The third kappa shape index (κ3) is 14.6. The van der Waals surface area contributed by atoms with Gasteiger partial charge in [-0.25, -0.2) is 14.4 Å². The lowest BCUT2D eigenvalue weighted by molar-refractivity contribution is -0.140. The van der Waals surface area contributed by atoms with Crippen molar-refractivity contribution in [3.8, 4) is 0 Å². The van der Waals surface area contributed by atoms with Crippen molar-refractivity contribution in [1.29, 1.82) is 0 Å². The highest BCUT2D eigenvalue weighted by Crippen LogP contribution is 2.28. The summed E-state index contributed by atoms with van der Waals surface area (Å²) in [5, 5.41) is 7.89. The molecule has 0 amide bonds. The van der Waals surface area contributed by atoms with Gasteiger partial charge in [-0.1, -0.05) is 50.1 Å². The molecule has 0 atom stereocenters. The predicted octanol–water partition coefficient (Wildman–Crippen LogP) is 4.47. The lowest BCUT2D eigenvalue weighted by Gasteiger charge is -2.03. The average Bonchev–Trinajstić information content (AvgIpc) is 3.50. The van der Waals surface area contributed by atoms with E-state index >= 15 is 0 Å². The number of benzene rings is 1. The van der Waals surface area contributed by atoms with Gasteiger partial charge >= 0.3 is 17.9 Å².